The fourth-order valence-corrected chi connectivity index (χ4v) is 1.79. The molecule has 0 spiro atoms. The summed E-state index contributed by atoms with van der Waals surface area (Å²) in [4.78, 5) is 10.7. The molecule has 1 amide bonds. The molecule has 0 aromatic carbocycles. The number of hydrogen-bond acceptors (Lipinski definition) is 3. The van der Waals surface area contributed by atoms with Crippen LogP contribution in [0.25, 0.3) is 0 Å². The molecule has 4 heteroatoms. The van der Waals surface area contributed by atoms with Gasteiger partial charge in [0.15, 0.2) is 0 Å². The van der Waals surface area contributed by atoms with Crippen LogP contribution in [-0.2, 0) is 4.79 Å². The molecule has 0 aliphatic heterocycles. The molecule has 1 rings (SSSR count). The Labute approximate surface area is 79.0 Å². The average molecular weight is 185 g/mol. The van der Waals surface area contributed by atoms with Crippen molar-refractivity contribution < 1.29 is 4.79 Å². The highest BCUT2D eigenvalue weighted by Gasteiger charge is 2.28. The lowest BCUT2D eigenvalue weighted by atomic mass is 10.0. The summed E-state index contributed by atoms with van der Waals surface area (Å²) in [5, 5.41) is 3.31. The second kappa shape index (κ2) is 4.07. The van der Waals surface area contributed by atoms with Crippen LogP contribution in [0.5, 0.6) is 0 Å². The first kappa shape index (κ1) is 10.5. The fraction of sp³-hybridized carbons (Fsp3) is 0.889. The van der Waals surface area contributed by atoms with E-state index >= 15 is 0 Å². The van der Waals surface area contributed by atoms with Crippen molar-refractivity contribution in [2.75, 3.05) is 6.54 Å². The fourth-order valence-electron chi connectivity index (χ4n) is 1.79. The lowest BCUT2D eigenvalue weighted by molar-refractivity contribution is -0.119. The Morgan fingerprint density at radius 2 is 2.08 bits per heavy atom. The van der Waals surface area contributed by atoms with Gasteiger partial charge in [0.25, 0.3) is 0 Å². The number of amides is 1. The lowest BCUT2D eigenvalue weighted by Gasteiger charge is -2.26. The number of carbonyl (C=O) groups excluding carboxylic acids is 1. The second-order valence-electron chi connectivity index (χ2n) is 4.16. The summed E-state index contributed by atoms with van der Waals surface area (Å²) >= 11 is 0. The molecule has 1 fully saturated rings. The van der Waals surface area contributed by atoms with Gasteiger partial charge < -0.3 is 16.8 Å². The van der Waals surface area contributed by atoms with Gasteiger partial charge in [-0.05, 0) is 19.8 Å². The van der Waals surface area contributed by atoms with Crippen LogP contribution < -0.4 is 16.8 Å². The van der Waals surface area contributed by atoms with Crippen LogP contribution in [0.4, 0.5) is 0 Å². The lowest BCUT2D eigenvalue weighted by Crippen LogP contribution is -2.50. The first-order chi connectivity index (χ1) is 6.03. The van der Waals surface area contributed by atoms with E-state index in [9.17, 15) is 4.79 Å². The molecule has 1 atom stereocenters. The molecule has 13 heavy (non-hydrogen) atoms. The number of nitrogens with one attached hydrogen (secondary N) is 1. The molecule has 5 N–H and O–H groups in total. The van der Waals surface area contributed by atoms with Gasteiger partial charge in [-0.3, -0.25) is 4.79 Å². The quantitative estimate of drug-likeness (QED) is 0.563. The van der Waals surface area contributed by atoms with Crippen LogP contribution in [0.15, 0.2) is 0 Å². The number of hydrogen-bond donors (Lipinski definition) is 3. The van der Waals surface area contributed by atoms with Crippen LogP contribution in [-0.4, -0.2) is 24.0 Å². The Morgan fingerprint density at radius 3 is 2.54 bits per heavy atom. The van der Waals surface area contributed by atoms with E-state index in [-0.39, 0.29) is 5.54 Å². The molecule has 0 aromatic rings. The zero-order valence-corrected chi connectivity index (χ0v) is 8.18. The normalized spacial score (nSPS) is 22.9. The molecule has 1 saturated carbocycles. The Bertz CT molecular complexity index is 187. The predicted octanol–water partition coefficient (Wildman–Crippen LogP) is -0.279. The zero-order chi connectivity index (χ0) is 9.90. The Hall–Kier alpha value is -0.610. The number of primary amides is 1. The van der Waals surface area contributed by atoms with Crippen molar-refractivity contribution in [2.24, 2.45) is 11.5 Å². The van der Waals surface area contributed by atoms with Gasteiger partial charge in [-0.2, -0.15) is 0 Å². The highest BCUT2D eigenvalue weighted by molar-refractivity contribution is 5.79. The maximum Gasteiger partial charge on any atom is 0.235 e. The van der Waals surface area contributed by atoms with Crippen LogP contribution >= 0.6 is 0 Å². The molecule has 1 unspecified atom stereocenters. The third-order valence-electron chi connectivity index (χ3n) is 2.82. The largest absolute Gasteiger partial charge is 0.368 e. The standard InChI is InChI=1S/C9H19N3O/c1-9(4-2-3-5-9)12-6-7(10)8(11)13/h7,12H,2-6,10H2,1H3,(H2,11,13). The molecule has 76 valence electrons. The molecule has 4 nitrogen and oxygen atoms in total. The predicted molar refractivity (Wildman–Crippen MR) is 52.0 cm³/mol. The van der Waals surface area contributed by atoms with Gasteiger partial charge in [0, 0.05) is 12.1 Å². The minimum atomic E-state index is -0.558. The van der Waals surface area contributed by atoms with Crippen LogP contribution in [0.2, 0.25) is 0 Å². The second-order valence-corrected chi connectivity index (χ2v) is 4.16. The molecule has 0 saturated heterocycles. The van der Waals surface area contributed by atoms with Gasteiger partial charge in [0.2, 0.25) is 5.91 Å². The molecule has 0 heterocycles. The number of nitrogens with two attached hydrogens (primary N) is 2. The van der Waals surface area contributed by atoms with Gasteiger partial charge in [-0.1, -0.05) is 12.8 Å². The van der Waals surface area contributed by atoms with E-state index in [1.54, 1.807) is 0 Å². The molecular weight excluding hydrogens is 166 g/mol. The minimum absolute atomic E-state index is 0.174. The summed E-state index contributed by atoms with van der Waals surface area (Å²) in [5.74, 6) is -0.436. The van der Waals surface area contributed by atoms with E-state index < -0.39 is 11.9 Å². The monoisotopic (exact) mass is 185 g/mol. The zero-order valence-electron chi connectivity index (χ0n) is 8.18. The van der Waals surface area contributed by atoms with Gasteiger partial charge in [-0.25, -0.2) is 0 Å². The highest BCUT2D eigenvalue weighted by atomic mass is 16.1. The third kappa shape index (κ3) is 2.97. The summed E-state index contributed by atoms with van der Waals surface area (Å²) in [5.41, 5.74) is 10.8. The van der Waals surface area contributed by atoms with Crippen molar-refractivity contribution in [1.82, 2.24) is 5.32 Å². The molecule has 0 bridgehead atoms. The average Bonchev–Trinajstić information content (AvgIpc) is 2.48. The maximum absolute atomic E-state index is 10.7. The van der Waals surface area contributed by atoms with Gasteiger partial charge >= 0.3 is 0 Å². The number of carbonyl (C=O) groups is 1. The Balaban J connectivity index is 2.28. The van der Waals surface area contributed by atoms with Gasteiger partial charge in [-0.15, -0.1) is 0 Å². The van der Waals surface area contributed by atoms with Crippen LogP contribution in [0.1, 0.15) is 32.6 Å². The van der Waals surface area contributed by atoms with Crippen molar-refractivity contribution in [3.63, 3.8) is 0 Å². The molecular formula is C9H19N3O. The Kier molecular flexibility index (Phi) is 3.27. The van der Waals surface area contributed by atoms with E-state index in [4.69, 9.17) is 11.5 Å². The van der Waals surface area contributed by atoms with E-state index in [0.29, 0.717) is 6.54 Å². The SMILES string of the molecule is CC1(NCC(N)C(N)=O)CCCC1. The van der Waals surface area contributed by atoms with Crippen LogP contribution in [0, 0.1) is 0 Å². The maximum atomic E-state index is 10.7. The molecule has 1 aliphatic carbocycles. The van der Waals surface area contributed by atoms with E-state index in [1.165, 1.54) is 25.7 Å². The van der Waals surface area contributed by atoms with Crippen molar-refractivity contribution in [3.8, 4) is 0 Å². The summed E-state index contributed by atoms with van der Waals surface area (Å²) < 4.78 is 0. The minimum Gasteiger partial charge on any atom is -0.368 e. The van der Waals surface area contributed by atoms with Crippen LogP contribution in [0.3, 0.4) is 0 Å². The number of rotatable bonds is 4. The van der Waals surface area contributed by atoms with Gasteiger partial charge in [0.1, 0.15) is 0 Å². The van der Waals surface area contributed by atoms with Crippen molar-refractivity contribution >= 4 is 5.91 Å². The topological polar surface area (TPSA) is 81.1 Å². The van der Waals surface area contributed by atoms with E-state index in [0.717, 1.165) is 0 Å². The third-order valence-corrected chi connectivity index (χ3v) is 2.82. The Morgan fingerprint density at radius 1 is 1.54 bits per heavy atom. The molecule has 0 aromatic heterocycles. The van der Waals surface area contributed by atoms with E-state index in [1.807, 2.05) is 0 Å². The molecule has 0 radical (unpaired) electrons. The summed E-state index contributed by atoms with van der Waals surface area (Å²) in [6, 6.07) is -0.558. The summed E-state index contributed by atoms with van der Waals surface area (Å²) in [7, 11) is 0. The first-order valence-electron chi connectivity index (χ1n) is 4.83. The van der Waals surface area contributed by atoms with Crippen molar-refractivity contribution in [2.45, 2.75) is 44.2 Å². The van der Waals surface area contributed by atoms with Crippen molar-refractivity contribution in [3.05, 3.63) is 0 Å². The van der Waals surface area contributed by atoms with Gasteiger partial charge in [0.05, 0.1) is 6.04 Å². The smallest absolute Gasteiger partial charge is 0.235 e. The molecule has 1 aliphatic rings. The van der Waals surface area contributed by atoms with E-state index in [2.05, 4.69) is 12.2 Å². The summed E-state index contributed by atoms with van der Waals surface area (Å²) in [6.07, 6.45) is 4.85. The summed E-state index contributed by atoms with van der Waals surface area (Å²) in [6.45, 7) is 2.67. The highest BCUT2D eigenvalue weighted by Crippen LogP contribution is 2.28. The van der Waals surface area contributed by atoms with Crippen molar-refractivity contribution in [1.29, 1.82) is 0 Å². The first-order valence-corrected chi connectivity index (χ1v) is 4.83.